The summed E-state index contributed by atoms with van der Waals surface area (Å²) >= 11 is 0.939. The predicted molar refractivity (Wildman–Crippen MR) is 159 cm³/mol. The van der Waals surface area contributed by atoms with Gasteiger partial charge >= 0.3 is 0 Å². The van der Waals surface area contributed by atoms with Crippen molar-refractivity contribution in [2.24, 2.45) is 0 Å². The average molecular weight is 601 g/mol. The molecule has 6 heterocycles. The van der Waals surface area contributed by atoms with E-state index in [1.807, 2.05) is 31.1 Å². The first-order valence-electron chi connectivity index (χ1n) is 13.7. The summed E-state index contributed by atoms with van der Waals surface area (Å²) in [5.74, 6) is -0.448. The Bertz CT molecular complexity index is 1940. The minimum absolute atomic E-state index is 0.0654. The molecule has 1 saturated heterocycles. The lowest BCUT2D eigenvalue weighted by Gasteiger charge is -2.22. The predicted octanol–water partition coefficient (Wildman–Crippen LogP) is 4.21. The van der Waals surface area contributed by atoms with Gasteiger partial charge in [-0.1, -0.05) is 0 Å². The van der Waals surface area contributed by atoms with E-state index in [1.165, 1.54) is 0 Å². The van der Waals surface area contributed by atoms with Crippen LogP contribution in [0.2, 0.25) is 0 Å². The van der Waals surface area contributed by atoms with Crippen LogP contribution in [0.15, 0.2) is 24.5 Å². The molecule has 0 unspecified atom stereocenters. The molecule has 11 nitrogen and oxygen atoms in total. The van der Waals surface area contributed by atoms with Crippen LogP contribution in [0.5, 0.6) is 0 Å². The van der Waals surface area contributed by atoms with E-state index in [-0.39, 0.29) is 50.6 Å². The van der Waals surface area contributed by atoms with E-state index in [9.17, 15) is 9.65 Å². The van der Waals surface area contributed by atoms with Crippen LogP contribution in [0.3, 0.4) is 0 Å². The second-order valence-electron chi connectivity index (χ2n) is 10.8. The number of rotatable bonds is 6. The zero-order chi connectivity index (χ0) is 29.8. The fourth-order valence-corrected chi connectivity index (χ4v) is 6.79. The highest BCUT2D eigenvalue weighted by Crippen LogP contribution is 2.46. The number of nitrogens with two attached hydrogens (primary N) is 1. The largest absolute Gasteiger partial charge is 0.389 e. The van der Waals surface area contributed by atoms with Gasteiger partial charge in [0.2, 0.25) is 5.95 Å². The van der Waals surface area contributed by atoms with Crippen molar-refractivity contribution in [1.29, 1.82) is 5.26 Å². The molecule has 14 heteroatoms. The van der Waals surface area contributed by atoms with Crippen molar-refractivity contribution < 1.29 is 13.5 Å². The number of pyridine rings is 1. The van der Waals surface area contributed by atoms with E-state index in [4.69, 9.17) is 20.4 Å². The third-order valence-electron chi connectivity index (χ3n) is 8.07. The van der Waals surface area contributed by atoms with Crippen LogP contribution in [0.4, 0.5) is 25.5 Å². The van der Waals surface area contributed by atoms with E-state index in [0.717, 1.165) is 24.0 Å². The first-order chi connectivity index (χ1) is 20.9. The summed E-state index contributed by atoms with van der Waals surface area (Å²) < 4.78 is 37.9. The summed E-state index contributed by atoms with van der Waals surface area (Å²) in [6.45, 7) is 1.99. The molecule has 1 atom stereocenters. The third-order valence-corrected chi connectivity index (χ3v) is 9.10. The molecule has 4 aromatic heterocycles. The van der Waals surface area contributed by atoms with Crippen molar-refractivity contribution in [3.8, 4) is 17.3 Å². The number of aromatic nitrogens is 5. The van der Waals surface area contributed by atoms with Gasteiger partial charge in [-0.15, -0.1) is 11.3 Å². The number of nitrogen functional groups attached to an aromatic ring is 1. The Morgan fingerprint density at radius 3 is 2.81 bits per heavy atom. The number of fused-ring (bicyclic) bond motifs is 4. The fourth-order valence-electron chi connectivity index (χ4n) is 5.87. The third kappa shape index (κ3) is 4.48. The molecule has 0 amide bonds. The average Bonchev–Trinajstić information content (AvgIpc) is 3.76. The lowest BCUT2D eigenvalue weighted by Crippen LogP contribution is -2.32. The van der Waals surface area contributed by atoms with Crippen LogP contribution >= 0.6 is 11.3 Å². The number of anilines is 3. The molecular formula is C29H26F2N10OS. The van der Waals surface area contributed by atoms with E-state index < -0.39 is 11.6 Å². The zero-order valence-electron chi connectivity index (χ0n) is 23.4. The van der Waals surface area contributed by atoms with E-state index in [1.54, 1.807) is 12.3 Å². The Kier molecular flexibility index (Phi) is 6.72. The van der Waals surface area contributed by atoms with Gasteiger partial charge < -0.3 is 25.6 Å². The highest BCUT2D eigenvalue weighted by molar-refractivity contribution is 7.23. The molecule has 2 aliphatic rings. The number of ether oxygens (including phenoxy) is 1. The summed E-state index contributed by atoms with van der Waals surface area (Å²) in [5, 5.41) is 22.1. The highest BCUT2D eigenvalue weighted by Gasteiger charge is 2.33. The fraction of sp³-hybridized carbons (Fsp3) is 0.310. The van der Waals surface area contributed by atoms with E-state index in [2.05, 4.69) is 25.4 Å². The first kappa shape index (κ1) is 27.3. The van der Waals surface area contributed by atoms with Gasteiger partial charge in [-0.3, -0.25) is 4.98 Å². The Morgan fingerprint density at radius 2 is 2.07 bits per heavy atom. The zero-order valence-corrected chi connectivity index (χ0v) is 24.2. The summed E-state index contributed by atoms with van der Waals surface area (Å²) in [6.07, 6.45) is 3.54. The van der Waals surface area contributed by atoms with Gasteiger partial charge in [0.1, 0.15) is 22.4 Å². The molecule has 3 N–H and O–H groups in total. The van der Waals surface area contributed by atoms with Crippen molar-refractivity contribution >= 4 is 49.1 Å². The number of hydrogen-bond acceptors (Lipinski definition) is 12. The molecule has 0 radical (unpaired) electrons. The first-order valence-corrected chi connectivity index (χ1v) is 14.5. The topological polar surface area (TPSA) is 142 Å². The summed E-state index contributed by atoms with van der Waals surface area (Å²) in [7, 11) is 4.06. The molecule has 2 aliphatic heterocycles. The van der Waals surface area contributed by atoms with Gasteiger partial charge in [0, 0.05) is 36.3 Å². The van der Waals surface area contributed by atoms with Gasteiger partial charge in [0.15, 0.2) is 11.6 Å². The quantitative estimate of drug-likeness (QED) is 0.289. The normalized spacial score (nSPS) is 16.4. The molecule has 0 aliphatic carbocycles. The van der Waals surface area contributed by atoms with Crippen LogP contribution in [0.25, 0.3) is 32.2 Å². The SMILES string of the molecule is CN(C)[C@H]1CCN(c2nc(NCc3cccnn3)c3c4c(c(-c5ncc(F)c6sc(N)c(C#N)c56)c(F)c3n2)COC4)C1. The van der Waals surface area contributed by atoms with Crippen molar-refractivity contribution in [3.63, 3.8) is 0 Å². The number of nitrogens with zero attached hydrogens (tertiary/aromatic N) is 8. The van der Waals surface area contributed by atoms with Gasteiger partial charge in [0.25, 0.3) is 0 Å². The number of nitrogens with one attached hydrogen (secondary N) is 1. The van der Waals surface area contributed by atoms with Gasteiger partial charge in [-0.05, 0) is 43.8 Å². The van der Waals surface area contributed by atoms with Crippen LogP contribution < -0.4 is 16.0 Å². The lowest BCUT2D eigenvalue weighted by molar-refractivity contribution is 0.135. The Labute approximate surface area is 249 Å². The highest BCUT2D eigenvalue weighted by atomic mass is 32.1. The maximum Gasteiger partial charge on any atom is 0.228 e. The van der Waals surface area contributed by atoms with Crippen LogP contribution in [-0.2, 0) is 24.5 Å². The Morgan fingerprint density at radius 1 is 1.23 bits per heavy atom. The van der Waals surface area contributed by atoms with Crippen LogP contribution in [-0.4, -0.2) is 63.3 Å². The smallest absolute Gasteiger partial charge is 0.228 e. The number of likely N-dealkylation sites (N-methyl/N-ethyl adjacent to an activating group) is 1. The van der Waals surface area contributed by atoms with Gasteiger partial charge in [-0.2, -0.15) is 20.4 Å². The molecule has 0 saturated carbocycles. The molecule has 7 rings (SSSR count). The lowest BCUT2D eigenvalue weighted by atomic mass is 9.93. The van der Waals surface area contributed by atoms with Crippen LogP contribution in [0, 0.1) is 23.0 Å². The summed E-state index contributed by atoms with van der Waals surface area (Å²) in [6, 6.07) is 5.98. The number of benzene rings is 1. The molecule has 43 heavy (non-hydrogen) atoms. The number of nitriles is 1. The molecule has 5 aromatic rings. The van der Waals surface area contributed by atoms with Crippen molar-refractivity contribution in [2.75, 3.05) is 43.1 Å². The molecule has 218 valence electrons. The van der Waals surface area contributed by atoms with Crippen molar-refractivity contribution in [1.82, 2.24) is 30.0 Å². The molecule has 1 fully saturated rings. The van der Waals surface area contributed by atoms with Crippen molar-refractivity contribution in [2.45, 2.75) is 32.2 Å². The maximum atomic E-state index is 17.0. The maximum absolute atomic E-state index is 17.0. The Balaban J connectivity index is 1.48. The number of thiophene rings is 1. The van der Waals surface area contributed by atoms with Crippen LogP contribution in [0.1, 0.15) is 28.8 Å². The minimum atomic E-state index is -0.650. The minimum Gasteiger partial charge on any atom is -0.389 e. The second kappa shape index (κ2) is 10.6. The Hall–Kier alpha value is -4.58. The monoisotopic (exact) mass is 600 g/mol. The van der Waals surface area contributed by atoms with Crippen molar-refractivity contribution in [3.05, 3.63) is 58.5 Å². The van der Waals surface area contributed by atoms with E-state index in [0.29, 0.717) is 59.6 Å². The second-order valence-corrected chi connectivity index (χ2v) is 11.8. The molecule has 0 bridgehead atoms. The van der Waals surface area contributed by atoms with Gasteiger partial charge in [0.05, 0.1) is 53.0 Å². The number of halogens is 2. The molecule has 0 spiro atoms. The standard InChI is InChI=1S/C29H26F2N10OS/c1-40(2)15-5-7-41(11-15)29-37-25-22(28(38-29)35-9-14-4-3-6-36-39-14)18-13-42-12-17(18)20(23(25)31)24-21-16(8-32)27(33)43-26(21)19(30)10-34-24/h3-4,6,10,15H,5,7,9,11-13,33H2,1-2H3,(H,35,37,38)/t15-/m0/s1. The number of hydrogen-bond donors (Lipinski definition) is 2. The summed E-state index contributed by atoms with van der Waals surface area (Å²) in [5.41, 5.74) is 8.42. The molecular weight excluding hydrogens is 574 g/mol. The van der Waals surface area contributed by atoms with E-state index >= 15 is 4.39 Å². The molecule has 1 aromatic carbocycles. The summed E-state index contributed by atoms with van der Waals surface area (Å²) in [4.78, 5) is 18.2. The van der Waals surface area contributed by atoms with Gasteiger partial charge in [-0.25, -0.2) is 13.8 Å².